The van der Waals surface area contributed by atoms with Crippen molar-refractivity contribution in [3.63, 3.8) is 0 Å². The first kappa shape index (κ1) is 24.1. The van der Waals surface area contributed by atoms with E-state index in [1.54, 1.807) is 34.7 Å². The van der Waals surface area contributed by atoms with Crippen LogP contribution in [-0.4, -0.2) is 65.9 Å². The first-order valence-corrected chi connectivity index (χ1v) is 11.9. The van der Waals surface area contributed by atoms with Crippen LogP contribution in [0.3, 0.4) is 0 Å². The van der Waals surface area contributed by atoms with Gasteiger partial charge in [0, 0.05) is 52.8 Å². The van der Waals surface area contributed by atoms with Crippen molar-refractivity contribution in [3.05, 3.63) is 55.0 Å². The Kier molecular flexibility index (Phi) is 6.08. The van der Waals surface area contributed by atoms with Crippen LogP contribution >= 0.6 is 23.2 Å². The largest absolute Gasteiger partial charge is 0.419 e. The van der Waals surface area contributed by atoms with Crippen LogP contribution in [0.4, 0.5) is 5.95 Å². The number of carbonyl (C=O) groups is 1. The van der Waals surface area contributed by atoms with Gasteiger partial charge in [0.15, 0.2) is 11.2 Å². The van der Waals surface area contributed by atoms with E-state index in [2.05, 4.69) is 15.2 Å². The number of aromatic nitrogens is 6. The number of rotatable bonds is 4. The Bertz CT molecular complexity index is 1610. The Balaban J connectivity index is 1.59. The van der Waals surface area contributed by atoms with E-state index in [0.717, 1.165) is 4.57 Å². The predicted molar refractivity (Wildman–Crippen MR) is 134 cm³/mol. The molecular formula is C22H22Cl2N8O4. The smallest absolute Gasteiger partial charge is 0.332 e. The van der Waals surface area contributed by atoms with E-state index >= 15 is 0 Å². The van der Waals surface area contributed by atoms with E-state index in [0.29, 0.717) is 47.7 Å². The summed E-state index contributed by atoms with van der Waals surface area (Å²) in [6.07, 6.45) is 0. The van der Waals surface area contributed by atoms with E-state index in [1.165, 1.54) is 18.5 Å². The van der Waals surface area contributed by atoms with Gasteiger partial charge in [0.05, 0.1) is 10.0 Å². The third-order valence-electron chi connectivity index (χ3n) is 6.26. The molecule has 1 aromatic carbocycles. The van der Waals surface area contributed by atoms with E-state index < -0.39 is 11.2 Å². The number of fused-ring (bicyclic) bond motifs is 1. The lowest BCUT2D eigenvalue weighted by Gasteiger charge is -2.34. The van der Waals surface area contributed by atoms with Gasteiger partial charge in [0.1, 0.15) is 6.54 Å². The summed E-state index contributed by atoms with van der Waals surface area (Å²) in [7, 11) is 2.98. The highest BCUT2D eigenvalue weighted by molar-refractivity contribution is 6.42. The average molecular weight is 533 g/mol. The molecule has 5 rings (SSSR count). The highest BCUT2D eigenvalue weighted by Gasteiger charge is 2.27. The lowest BCUT2D eigenvalue weighted by Crippen LogP contribution is -2.48. The molecule has 0 saturated carbocycles. The molecule has 4 heterocycles. The molecule has 3 aromatic heterocycles. The Morgan fingerprint density at radius 1 is 1.03 bits per heavy atom. The van der Waals surface area contributed by atoms with Crippen LogP contribution in [0.5, 0.6) is 0 Å². The highest BCUT2D eigenvalue weighted by atomic mass is 35.5. The number of hydrogen-bond donors (Lipinski definition) is 0. The maximum Gasteiger partial charge on any atom is 0.332 e. The minimum Gasteiger partial charge on any atom is -0.419 e. The maximum atomic E-state index is 13.2. The summed E-state index contributed by atoms with van der Waals surface area (Å²) >= 11 is 12.1. The number of anilines is 1. The first-order valence-electron chi connectivity index (χ1n) is 11.1. The molecule has 0 radical (unpaired) electrons. The Labute approximate surface area is 214 Å². The van der Waals surface area contributed by atoms with Gasteiger partial charge in [-0.1, -0.05) is 23.2 Å². The molecule has 14 heteroatoms. The molecular weight excluding hydrogens is 511 g/mol. The second kappa shape index (κ2) is 9.10. The third kappa shape index (κ3) is 4.05. The quantitative estimate of drug-likeness (QED) is 0.387. The van der Waals surface area contributed by atoms with Crippen molar-refractivity contribution in [2.45, 2.75) is 13.5 Å². The fraction of sp³-hybridized carbons (Fsp3) is 0.364. The second-order valence-electron chi connectivity index (χ2n) is 8.50. The zero-order valence-corrected chi connectivity index (χ0v) is 21.2. The summed E-state index contributed by atoms with van der Waals surface area (Å²) in [4.78, 5) is 45.9. The molecule has 1 aliphatic rings. The first-order chi connectivity index (χ1) is 17.2. The fourth-order valence-electron chi connectivity index (χ4n) is 4.25. The Morgan fingerprint density at radius 2 is 1.75 bits per heavy atom. The van der Waals surface area contributed by atoms with Crippen LogP contribution in [-0.2, 0) is 25.4 Å². The number of carbonyl (C=O) groups excluding carboxylic acids is 1. The normalized spacial score (nSPS) is 14.1. The molecule has 0 aliphatic carbocycles. The van der Waals surface area contributed by atoms with Crippen molar-refractivity contribution in [2.75, 3.05) is 31.1 Å². The van der Waals surface area contributed by atoms with E-state index in [-0.39, 0.29) is 35.4 Å². The Morgan fingerprint density at radius 3 is 2.42 bits per heavy atom. The minimum atomic E-state index is -0.488. The topological polar surface area (TPSA) is 124 Å². The minimum absolute atomic E-state index is 0.000103. The van der Waals surface area contributed by atoms with Crippen molar-refractivity contribution in [3.8, 4) is 11.5 Å². The van der Waals surface area contributed by atoms with Crippen LogP contribution in [0, 0.1) is 0 Å². The number of aryl methyl sites for hydroxylation is 1. The lowest BCUT2D eigenvalue weighted by molar-refractivity contribution is -0.129. The molecule has 4 aromatic rings. The number of nitrogens with zero attached hydrogens (tertiary/aromatic N) is 8. The van der Waals surface area contributed by atoms with Crippen LogP contribution in [0.2, 0.25) is 10.0 Å². The number of hydrogen-bond acceptors (Lipinski definition) is 8. The van der Waals surface area contributed by atoms with Crippen molar-refractivity contribution in [1.29, 1.82) is 0 Å². The number of piperazine rings is 1. The zero-order valence-electron chi connectivity index (χ0n) is 19.7. The zero-order chi connectivity index (χ0) is 25.7. The average Bonchev–Trinajstić information content (AvgIpc) is 3.49. The highest BCUT2D eigenvalue weighted by Crippen LogP contribution is 2.28. The Hall–Kier alpha value is -3.64. The molecule has 12 nitrogen and oxygen atoms in total. The summed E-state index contributed by atoms with van der Waals surface area (Å²) in [5.41, 5.74) is 0.106. The summed E-state index contributed by atoms with van der Waals surface area (Å²) in [6, 6.07) is 4.97. The van der Waals surface area contributed by atoms with Gasteiger partial charge in [-0.3, -0.25) is 23.3 Å². The molecule has 0 atom stereocenters. The van der Waals surface area contributed by atoms with Gasteiger partial charge in [-0.15, -0.1) is 10.2 Å². The van der Waals surface area contributed by atoms with Gasteiger partial charge in [-0.05, 0) is 18.2 Å². The van der Waals surface area contributed by atoms with Gasteiger partial charge in [-0.2, -0.15) is 4.98 Å². The molecule has 0 bridgehead atoms. The molecule has 1 amide bonds. The van der Waals surface area contributed by atoms with E-state index in [9.17, 15) is 14.4 Å². The SMILES string of the molecule is CC(=O)N1CCN(c2nc3c(c(=O)n(C)c(=O)n3C)n2Cc2nnc(-c3ccc(Cl)c(Cl)c3)o2)CC1. The molecule has 0 N–H and O–H groups in total. The van der Waals surface area contributed by atoms with Crippen LogP contribution in [0.15, 0.2) is 32.2 Å². The third-order valence-corrected chi connectivity index (χ3v) is 7.00. The summed E-state index contributed by atoms with van der Waals surface area (Å²) in [5.74, 6) is 0.945. The van der Waals surface area contributed by atoms with E-state index in [1.807, 2.05) is 4.90 Å². The maximum absolute atomic E-state index is 13.2. The van der Waals surface area contributed by atoms with Gasteiger partial charge >= 0.3 is 5.69 Å². The van der Waals surface area contributed by atoms with Crippen LogP contribution in [0.25, 0.3) is 22.6 Å². The van der Waals surface area contributed by atoms with E-state index in [4.69, 9.17) is 27.6 Å². The molecule has 1 saturated heterocycles. The molecule has 0 unspecified atom stereocenters. The van der Waals surface area contributed by atoms with Crippen molar-refractivity contribution in [1.82, 2.24) is 33.8 Å². The van der Waals surface area contributed by atoms with Gasteiger partial charge in [-0.25, -0.2) is 4.79 Å². The summed E-state index contributed by atoms with van der Waals surface area (Å²) in [6.45, 7) is 3.62. The standard InChI is InChI=1S/C22H22Cl2N8O4/c1-12(33)30-6-8-31(9-7-30)21-25-18-17(20(34)29(3)22(35)28(18)2)32(21)11-16-26-27-19(36-16)13-4-5-14(23)15(24)10-13/h4-5,10H,6-9,11H2,1-3H3. The lowest BCUT2D eigenvalue weighted by atomic mass is 10.2. The molecule has 188 valence electrons. The van der Waals surface area contributed by atoms with Crippen molar-refractivity contribution < 1.29 is 9.21 Å². The predicted octanol–water partition coefficient (Wildman–Crippen LogP) is 1.51. The number of amides is 1. The van der Waals surface area contributed by atoms with Crippen LogP contribution < -0.4 is 16.1 Å². The molecule has 0 spiro atoms. The van der Waals surface area contributed by atoms with Crippen LogP contribution in [0.1, 0.15) is 12.8 Å². The van der Waals surface area contributed by atoms with Gasteiger partial charge in [0.25, 0.3) is 5.56 Å². The van der Waals surface area contributed by atoms with Crippen molar-refractivity contribution in [2.24, 2.45) is 14.1 Å². The monoisotopic (exact) mass is 532 g/mol. The fourth-order valence-corrected chi connectivity index (χ4v) is 4.54. The summed E-state index contributed by atoms with van der Waals surface area (Å²) < 4.78 is 9.92. The second-order valence-corrected chi connectivity index (χ2v) is 9.31. The van der Waals surface area contributed by atoms with Gasteiger partial charge < -0.3 is 14.2 Å². The number of benzene rings is 1. The number of imidazole rings is 1. The summed E-state index contributed by atoms with van der Waals surface area (Å²) in [5, 5.41) is 9.02. The number of halogens is 2. The van der Waals surface area contributed by atoms with Gasteiger partial charge in [0.2, 0.25) is 23.6 Å². The van der Waals surface area contributed by atoms with Crippen molar-refractivity contribution >= 4 is 46.2 Å². The molecule has 1 aliphatic heterocycles. The molecule has 1 fully saturated rings. The molecule has 36 heavy (non-hydrogen) atoms.